The number of nitrogens with zero attached hydrogens (tertiary/aromatic N) is 1. The maximum atomic E-state index is 12.3. The van der Waals surface area contributed by atoms with Gasteiger partial charge in [0.2, 0.25) is 0 Å². The lowest BCUT2D eigenvalue weighted by Gasteiger charge is -2.41. The molecule has 0 bridgehead atoms. The topological polar surface area (TPSA) is 41.6 Å². The summed E-state index contributed by atoms with van der Waals surface area (Å²) in [5, 5.41) is 3.52. The Morgan fingerprint density at radius 1 is 1.12 bits per heavy atom. The number of benzene rings is 2. The SMILES string of the molecule is CC1(C)CN(CC(=O)OCCCc2ccccc2)c2ccccc2N1. The number of hydrogen-bond acceptors (Lipinski definition) is 4. The highest BCUT2D eigenvalue weighted by atomic mass is 16.5. The van der Waals surface area contributed by atoms with Gasteiger partial charge in [0.25, 0.3) is 0 Å². The average Bonchev–Trinajstić information content (AvgIpc) is 2.59. The molecule has 0 saturated carbocycles. The molecule has 0 aliphatic carbocycles. The molecule has 0 unspecified atom stereocenters. The Labute approximate surface area is 149 Å². The third kappa shape index (κ3) is 4.75. The molecule has 4 heteroatoms. The Morgan fingerprint density at radius 3 is 2.64 bits per heavy atom. The molecule has 0 aromatic heterocycles. The fourth-order valence-electron chi connectivity index (χ4n) is 3.27. The Balaban J connectivity index is 1.51. The molecule has 2 aromatic carbocycles. The monoisotopic (exact) mass is 338 g/mol. The number of rotatable bonds is 6. The maximum absolute atomic E-state index is 12.3. The minimum atomic E-state index is -0.166. The molecule has 0 fully saturated rings. The van der Waals surface area contributed by atoms with Crippen molar-refractivity contribution in [2.75, 3.05) is 29.9 Å². The van der Waals surface area contributed by atoms with E-state index in [-0.39, 0.29) is 18.1 Å². The van der Waals surface area contributed by atoms with Crippen molar-refractivity contribution in [2.45, 2.75) is 32.2 Å². The molecule has 2 aromatic rings. The van der Waals surface area contributed by atoms with Crippen molar-refractivity contribution >= 4 is 17.3 Å². The van der Waals surface area contributed by atoms with Gasteiger partial charge >= 0.3 is 5.97 Å². The van der Waals surface area contributed by atoms with Crippen LogP contribution in [0, 0.1) is 0 Å². The van der Waals surface area contributed by atoms with Crippen LogP contribution in [0.15, 0.2) is 54.6 Å². The van der Waals surface area contributed by atoms with Crippen LogP contribution in [0.5, 0.6) is 0 Å². The molecule has 1 N–H and O–H groups in total. The molecule has 1 heterocycles. The Bertz CT molecular complexity index is 713. The van der Waals surface area contributed by atoms with Crippen LogP contribution in [0.3, 0.4) is 0 Å². The molecule has 4 nitrogen and oxygen atoms in total. The number of fused-ring (bicyclic) bond motifs is 1. The first-order valence-corrected chi connectivity index (χ1v) is 8.85. The smallest absolute Gasteiger partial charge is 0.325 e. The summed E-state index contributed by atoms with van der Waals surface area (Å²) in [6.45, 7) is 5.80. The van der Waals surface area contributed by atoms with Gasteiger partial charge in [-0.25, -0.2) is 0 Å². The zero-order chi connectivity index (χ0) is 17.7. The van der Waals surface area contributed by atoms with Crippen molar-refractivity contribution in [3.63, 3.8) is 0 Å². The number of anilines is 2. The van der Waals surface area contributed by atoms with E-state index in [1.54, 1.807) is 0 Å². The van der Waals surface area contributed by atoms with E-state index < -0.39 is 0 Å². The van der Waals surface area contributed by atoms with Gasteiger partial charge in [-0.1, -0.05) is 42.5 Å². The summed E-state index contributed by atoms with van der Waals surface area (Å²) in [5.41, 5.74) is 3.32. The first kappa shape index (κ1) is 17.3. The van der Waals surface area contributed by atoms with Crippen LogP contribution >= 0.6 is 0 Å². The third-order valence-electron chi connectivity index (χ3n) is 4.34. The van der Waals surface area contributed by atoms with Crippen LogP contribution in [0.4, 0.5) is 11.4 Å². The minimum Gasteiger partial charge on any atom is -0.464 e. The van der Waals surface area contributed by atoms with Gasteiger partial charge in [0, 0.05) is 12.1 Å². The van der Waals surface area contributed by atoms with E-state index in [1.807, 2.05) is 36.4 Å². The van der Waals surface area contributed by atoms with Gasteiger partial charge in [0.15, 0.2) is 0 Å². The number of carbonyl (C=O) groups is 1. The molecule has 25 heavy (non-hydrogen) atoms. The minimum absolute atomic E-state index is 0.0814. The van der Waals surface area contributed by atoms with Crippen LogP contribution in [-0.4, -0.2) is 31.2 Å². The molecule has 1 aliphatic heterocycles. The molecule has 0 saturated heterocycles. The second-order valence-electron chi connectivity index (χ2n) is 7.19. The number of ether oxygens (including phenoxy) is 1. The normalized spacial score (nSPS) is 15.2. The zero-order valence-electron chi connectivity index (χ0n) is 15.0. The van der Waals surface area contributed by atoms with Gasteiger partial charge in [-0.05, 0) is 44.4 Å². The highest BCUT2D eigenvalue weighted by Gasteiger charge is 2.30. The molecule has 132 valence electrons. The van der Waals surface area contributed by atoms with E-state index in [2.05, 4.69) is 42.3 Å². The van der Waals surface area contributed by atoms with E-state index in [0.29, 0.717) is 6.61 Å². The van der Waals surface area contributed by atoms with Gasteiger partial charge in [-0.15, -0.1) is 0 Å². The van der Waals surface area contributed by atoms with Gasteiger partial charge in [-0.2, -0.15) is 0 Å². The quantitative estimate of drug-likeness (QED) is 0.641. The lowest BCUT2D eigenvalue weighted by Crippen LogP contribution is -2.50. The van der Waals surface area contributed by atoms with Crippen molar-refractivity contribution in [3.8, 4) is 0 Å². The molecule has 1 aliphatic rings. The van der Waals surface area contributed by atoms with E-state index in [0.717, 1.165) is 30.8 Å². The highest BCUT2D eigenvalue weighted by Crippen LogP contribution is 2.33. The van der Waals surface area contributed by atoms with Crippen molar-refractivity contribution in [1.82, 2.24) is 0 Å². The summed E-state index contributed by atoms with van der Waals surface area (Å²) in [6, 6.07) is 18.4. The maximum Gasteiger partial charge on any atom is 0.325 e. The molecular weight excluding hydrogens is 312 g/mol. The summed E-state index contributed by atoms with van der Waals surface area (Å²) in [6.07, 6.45) is 1.77. The molecule has 0 radical (unpaired) electrons. The van der Waals surface area contributed by atoms with Crippen LogP contribution in [-0.2, 0) is 16.0 Å². The zero-order valence-corrected chi connectivity index (χ0v) is 15.0. The van der Waals surface area contributed by atoms with Crippen LogP contribution in [0.2, 0.25) is 0 Å². The molecule has 0 atom stereocenters. The highest BCUT2D eigenvalue weighted by molar-refractivity contribution is 5.81. The van der Waals surface area contributed by atoms with E-state index in [9.17, 15) is 4.79 Å². The first-order valence-electron chi connectivity index (χ1n) is 8.85. The van der Waals surface area contributed by atoms with Crippen molar-refractivity contribution < 1.29 is 9.53 Å². The largest absolute Gasteiger partial charge is 0.464 e. The summed E-state index contributed by atoms with van der Waals surface area (Å²) in [4.78, 5) is 14.4. The first-order chi connectivity index (χ1) is 12.0. The Morgan fingerprint density at radius 2 is 1.84 bits per heavy atom. The molecular formula is C21H26N2O2. The number of hydrogen-bond donors (Lipinski definition) is 1. The number of esters is 1. The fourth-order valence-corrected chi connectivity index (χ4v) is 3.27. The van der Waals surface area contributed by atoms with Crippen molar-refractivity contribution in [2.24, 2.45) is 0 Å². The van der Waals surface area contributed by atoms with Gasteiger partial charge in [0.1, 0.15) is 6.54 Å². The molecule has 3 rings (SSSR count). The fraction of sp³-hybridized carbons (Fsp3) is 0.381. The van der Waals surface area contributed by atoms with Crippen LogP contribution in [0.25, 0.3) is 0 Å². The lowest BCUT2D eigenvalue weighted by molar-refractivity contribution is -0.142. The average molecular weight is 338 g/mol. The number of nitrogens with one attached hydrogen (secondary N) is 1. The number of aryl methyl sites for hydroxylation is 1. The number of carbonyl (C=O) groups excluding carboxylic acids is 1. The molecule has 0 amide bonds. The predicted octanol–water partition coefficient (Wildman–Crippen LogP) is 3.87. The Kier molecular flexibility index (Phi) is 5.27. The summed E-state index contributed by atoms with van der Waals surface area (Å²) in [5.74, 6) is -0.166. The van der Waals surface area contributed by atoms with E-state index in [1.165, 1.54) is 5.56 Å². The third-order valence-corrected chi connectivity index (χ3v) is 4.34. The van der Waals surface area contributed by atoms with Gasteiger partial charge in [-0.3, -0.25) is 4.79 Å². The molecule has 0 spiro atoms. The second kappa shape index (κ2) is 7.60. The van der Waals surface area contributed by atoms with Crippen LogP contribution in [0.1, 0.15) is 25.8 Å². The van der Waals surface area contributed by atoms with Crippen molar-refractivity contribution in [3.05, 3.63) is 60.2 Å². The lowest BCUT2D eigenvalue weighted by atomic mass is 9.99. The van der Waals surface area contributed by atoms with Gasteiger partial charge < -0.3 is 15.0 Å². The van der Waals surface area contributed by atoms with E-state index in [4.69, 9.17) is 4.74 Å². The van der Waals surface area contributed by atoms with Crippen molar-refractivity contribution in [1.29, 1.82) is 0 Å². The number of para-hydroxylation sites is 2. The van der Waals surface area contributed by atoms with Crippen LogP contribution < -0.4 is 10.2 Å². The standard InChI is InChI=1S/C21H26N2O2/c1-21(2)16-23(19-13-7-6-12-18(19)22-21)15-20(24)25-14-8-11-17-9-4-3-5-10-17/h3-7,9-10,12-13,22H,8,11,14-16H2,1-2H3. The summed E-state index contributed by atoms with van der Waals surface area (Å²) >= 11 is 0. The van der Waals surface area contributed by atoms with Gasteiger partial charge in [0.05, 0.1) is 18.0 Å². The summed E-state index contributed by atoms with van der Waals surface area (Å²) < 4.78 is 5.45. The predicted molar refractivity (Wildman–Crippen MR) is 102 cm³/mol. The summed E-state index contributed by atoms with van der Waals surface area (Å²) in [7, 11) is 0. The van der Waals surface area contributed by atoms with E-state index >= 15 is 0 Å². The Hall–Kier alpha value is -2.49. The second-order valence-corrected chi connectivity index (χ2v) is 7.19.